The van der Waals surface area contributed by atoms with Gasteiger partial charge in [-0.15, -0.1) is 0 Å². The van der Waals surface area contributed by atoms with Crippen molar-refractivity contribution in [2.24, 2.45) is 4.99 Å². The van der Waals surface area contributed by atoms with Crippen molar-refractivity contribution in [3.8, 4) is 0 Å². The average molecular weight is 509 g/mol. The van der Waals surface area contributed by atoms with Gasteiger partial charge in [-0.2, -0.15) is 5.10 Å². The van der Waals surface area contributed by atoms with Gasteiger partial charge in [-0.05, 0) is 19.1 Å². The van der Waals surface area contributed by atoms with Gasteiger partial charge in [0, 0.05) is 14.1 Å². The highest BCUT2D eigenvalue weighted by Gasteiger charge is 2.59. The maximum atomic E-state index is 12.1. The summed E-state index contributed by atoms with van der Waals surface area (Å²) in [7, 11) is 6.99. The number of hydrogen-bond donors (Lipinski definition) is 0. The van der Waals surface area contributed by atoms with Crippen LogP contribution in [0.1, 0.15) is 18.7 Å². The van der Waals surface area contributed by atoms with E-state index in [1.807, 2.05) is 14.1 Å². The van der Waals surface area contributed by atoms with Crippen LogP contribution in [0.2, 0.25) is 0 Å². The van der Waals surface area contributed by atoms with Gasteiger partial charge >= 0.3 is 18.5 Å². The van der Waals surface area contributed by atoms with Crippen molar-refractivity contribution in [1.82, 2.24) is 19.5 Å². The van der Waals surface area contributed by atoms with Crippen molar-refractivity contribution < 1.29 is 47.5 Å². The minimum absolute atomic E-state index is 0.368. The Morgan fingerprint density at radius 2 is 1.78 bits per heavy atom. The molecule has 0 unspecified atom stereocenters. The zero-order valence-electron chi connectivity index (χ0n) is 20.6. The molecule has 1 fully saturated rings. The van der Waals surface area contributed by atoms with Gasteiger partial charge in [-0.1, -0.05) is 0 Å². The van der Waals surface area contributed by atoms with Gasteiger partial charge in [0.1, 0.15) is 30.2 Å². The number of carbonyl (C=O) groups excluding carboxylic acids is 3. The molecular weight excluding hydrogens is 482 g/mol. The number of hydrogen-bond acceptors (Lipinski definition) is 13. The normalized spacial score (nSPS) is 23.3. The molecule has 0 spiro atoms. The summed E-state index contributed by atoms with van der Waals surface area (Å²) >= 11 is 0. The van der Waals surface area contributed by atoms with Crippen LogP contribution in [0.25, 0.3) is 5.52 Å². The molecule has 2 aromatic rings. The molecular formula is C21H27N5O10. The quantitative estimate of drug-likeness (QED) is 0.230. The molecule has 196 valence electrons. The van der Waals surface area contributed by atoms with Crippen LogP contribution < -0.4 is 0 Å². The second-order valence-corrected chi connectivity index (χ2v) is 7.97. The number of carbonyl (C=O) groups is 3. The summed E-state index contributed by atoms with van der Waals surface area (Å²) in [5.74, 6) is 0.368. The van der Waals surface area contributed by atoms with Crippen LogP contribution in [0.3, 0.4) is 0 Å². The Morgan fingerprint density at radius 3 is 2.42 bits per heavy atom. The SMILES string of the molecule is COC(=O)OC[C@@]1(C)O[C@@H](c2ccc3c(N=CN(C)C)ncnn23)[C@H](OC(=O)OC)[C@@H]1OC(=O)OC. The highest BCUT2D eigenvalue weighted by molar-refractivity contribution is 5.71. The number of aliphatic imine (C=N–C) groups is 1. The zero-order chi connectivity index (χ0) is 26.5. The molecule has 4 atom stereocenters. The number of ether oxygens (including phenoxy) is 7. The minimum Gasteiger partial charge on any atom is -0.438 e. The first-order valence-electron chi connectivity index (χ1n) is 10.5. The molecule has 36 heavy (non-hydrogen) atoms. The Morgan fingerprint density at radius 1 is 1.11 bits per heavy atom. The first-order valence-corrected chi connectivity index (χ1v) is 10.5. The lowest BCUT2D eigenvalue weighted by atomic mass is 9.96. The standard InChI is InChI=1S/C21H27N5O10/c1-21(9-33-18(27)30-4)16(35-20(29)32-6)15(34-19(28)31-5)14(36-21)12-7-8-13-17(23-11-25(2)3)22-10-24-26(12)13/h7-8,10-11,14-16H,9H2,1-6H3/t14-,15-,16-,21+/m0/s1. The molecule has 0 aliphatic carbocycles. The Balaban J connectivity index is 2.09. The van der Waals surface area contributed by atoms with Crippen LogP contribution in [0.4, 0.5) is 20.2 Å². The van der Waals surface area contributed by atoms with Crippen molar-refractivity contribution >= 4 is 36.1 Å². The number of fused-ring (bicyclic) bond motifs is 1. The lowest BCUT2D eigenvalue weighted by Crippen LogP contribution is -2.48. The largest absolute Gasteiger partial charge is 0.508 e. The lowest BCUT2D eigenvalue weighted by molar-refractivity contribution is -0.115. The third-order valence-electron chi connectivity index (χ3n) is 5.19. The summed E-state index contributed by atoms with van der Waals surface area (Å²) in [6.45, 7) is 1.09. The van der Waals surface area contributed by atoms with Crippen molar-refractivity contribution in [3.05, 3.63) is 24.2 Å². The van der Waals surface area contributed by atoms with Gasteiger partial charge in [-0.3, -0.25) is 0 Å². The number of aromatic nitrogens is 3. The first kappa shape index (κ1) is 26.5. The summed E-state index contributed by atoms with van der Waals surface area (Å²) < 4.78 is 37.5. The van der Waals surface area contributed by atoms with Crippen LogP contribution in [0.5, 0.6) is 0 Å². The van der Waals surface area contributed by atoms with Gasteiger partial charge < -0.3 is 38.1 Å². The Bertz CT molecular complexity index is 1140. The molecule has 1 saturated heterocycles. The van der Waals surface area contributed by atoms with E-state index in [0.29, 0.717) is 17.0 Å². The monoisotopic (exact) mass is 509 g/mol. The highest BCUT2D eigenvalue weighted by atomic mass is 16.8. The molecule has 1 aliphatic rings. The fourth-order valence-electron chi connectivity index (χ4n) is 3.59. The third-order valence-corrected chi connectivity index (χ3v) is 5.19. The molecule has 0 saturated carbocycles. The maximum Gasteiger partial charge on any atom is 0.508 e. The second-order valence-electron chi connectivity index (χ2n) is 7.97. The summed E-state index contributed by atoms with van der Waals surface area (Å²) in [6, 6.07) is 3.37. The Hall–Kier alpha value is -4.14. The van der Waals surface area contributed by atoms with E-state index in [9.17, 15) is 14.4 Å². The molecule has 3 rings (SSSR count). The molecule has 1 aliphatic heterocycles. The number of rotatable bonds is 7. The van der Waals surface area contributed by atoms with Gasteiger partial charge in [0.15, 0.2) is 18.0 Å². The Labute approximate surface area is 205 Å². The molecule has 2 aromatic heterocycles. The Kier molecular flexibility index (Phi) is 8.14. The molecule has 0 aromatic carbocycles. The predicted octanol–water partition coefficient (Wildman–Crippen LogP) is 1.87. The van der Waals surface area contributed by atoms with E-state index in [4.69, 9.17) is 18.9 Å². The average Bonchev–Trinajstić information content (AvgIpc) is 3.41. The lowest BCUT2D eigenvalue weighted by Gasteiger charge is -2.29. The van der Waals surface area contributed by atoms with Crippen LogP contribution >= 0.6 is 0 Å². The van der Waals surface area contributed by atoms with Gasteiger partial charge in [0.05, 0.1) is 33.4 Å². The van der Waals surface area contributed by atoms with E-state index in [1.54, 1.807) is 23.4 Å². The molecule has 3 heterocycles. The van der Waals surface area contributed by atoms with Gasteiger partial charge in [-0.25, -0.2) is 28.9 Å². The fourth-order valence-corrected chi connectivity index (χ4v) is 3.59. The van der Waals surface area contributed by atoms with Crippen LogP contribution in [-0.4, -0.2) is 104 Å². The minimum atomic E-state index is -1.51. The maximum absolute atomic E-state index is 12.1. The molecule has 15 heteroatoms. The molecule has 0 radical (unpaired) electrons. The third kappa shape index (κ3) is 5.56. The smallest absolute Gasteiger partial charge is 0.438 e. The topological polar surface area (TPSA) is 162 Å². The number of methoxy groups -OCH3 is 3. The van der Waals surface area contributed by atoms with Crippen molar-refractivity contribution in [2.75, 3.05) is 42.0 Å². The molecule has 0 amide bonds. The second kappa shape index (κ2) is 11.1. The van der Waals surface area contributed by atoms with Crippen molar-refractivity contribution in [2.45, 2.75) is 30.8 Å². The van der Waals surface area contributed by atoms with E-state index >= 15 is 0 Å². The van der Waals surface area contributed by atoms with E-state index in [-0.39, 0.29) is 0 Å². The van der Waals surface area contributed by atoms with Gasteiger partial charge in [0.2, 0.25) is 0 Å². The van der Waals surface area contributed by atoms with E-state index in [1.165, 1.54) is 17.8 Å². The summed E-state index contributed by atoms with van der Waals surface area (Å²) in [5.41, 5.74) is -0.576. The summed E-state index contributed by atoms with van der Waals surface area (Å²) in [4.78, 5) is 46.1. The van der Waals surface area contributed by atoms with Crippen molar-refractivity contribution in [1.29, 1.82) is 0 Å². The first-order chi connectivity index (χ1) is 17.1. The van der Waals surface area contributed by atoms with E-state index in [2.05, 4.69) is 29.3 Å². The van der Waals surface area contributed by atoms with Crippen LogP contribution in [0, 0.1) is 0 Å². The van der Waals surface area contributed by atoms with Crippen molar-refractivity contribution in [3.63, 3.8) is 0 Å². The van der Waals surface area contributed by atoms with Crippen LogP contribution in [-0.2, 0) is 33.2 Å². The predicted molar refractivity (Wildman–Crippen MR) is 120 cm³/mol. The van der Waals surface area contributed by atoms with Crippen LogP contribution in [0.15, 0.2) is 23.5 Å². The summed E-state index contributed by atoms with van der Waals surface area (Å²) in [5, 5.41) is 4.27. The van der Waals surface area contributed by atoms with Gasteiger partial charge in [0.25, 0.3) is 0 Å². The zero-order valence-corrected chi connectivity index (χ0v) is 20.6. The molecule has 0 bridgehead atoms. The molecule has 15 nitrogen and oxygen atoms in total. The molecule has 0 N–H and O–H groups in total. The van der Waals surface area contributed by atoms with E-state index in [0.717, 1.165) is 21.3 Å². The summed E-state index contributed by atoms with van der Waals surface area (Å²) in [6.07, 6.45) is -3.87. The van der Waals surface area contributed by atoms with E-state index < -0.39 is 49.0 Å². The highest BCUT2D eigenvalue weighted by Crippen LogP contribution is 2.44. The fraction of sp³-hybridized carbons (Fsp3) is 0.524. The number of nitrogens with zero attached hydrogens (tertiary/aromatic N) is 5.